The van der Waals surface area contributed by atoms with Gasteiger partial charge < -0.3 is 14.4 Å². The number of pyridine rings is 2. The van der Waals surface area contributed by atoms with Crippen molar-refractivity contribution in [1.29, 1.82) is 0 Å². The molecule has 4 aromatic rings. The molecule has 0 N–H and O–H groups in total. The number of rotatable bonds is 5. The molecular weight excluding hydrogens is 460 g/mol. The Morgan fingerprint density at radius 2 is 1.68 bits per heavy atom. The average molecular weight is 491 g/mol. The number of benzene rings is 2. The summed E-state index contributed by atoms with van der Waals surface area (Å²) in [7, 11) is 1.71. The van der Waals surface area contributed by atoms with Crippen LogP contribution in [0.3, 0.4) is 0 Å². The first-order valence-corrected chi connectivity index (χ1v) is 13.1. The Hall–Kier alpha value is -3.90. The molecular formula is C31H30N4O2. The highest BCUT2D eigenvalue weighted by Crippen LogP contribution is 2.54. The number of hydrogen-bond donors (Lipinski definition) is 0. The number of para-hydroxylation sites is 1. The fourth-order valence-corrected chi connectivity index (χ4v) is 6.50. The molecule has 2 aromatic heterocycles. The lowest BCUT2D eigenvalue weighted by atomic mass is 9.93. The lowest BCUT2D eigenvalue weighted by Gasteiger charge is -2.46. The summed E-state index contributed by atoms with van der Waals surface area (Å²) in [4.78, 5) is 14.0. The standard InChI is InChI=1S/C31H30N4O2/c1-36-29-7-4-6-28-31(29)37-30-17-22(21-12-15-32-16-13-21)8-11-27(30)35(28)26-18-24-9-10-25(19-26)34(24)20-23-5-2-3-14-33-23/h2-8,11-17,24-26H,9-10,18-20H2,1H3/t24-,25+,26+. The van der Waals surface area contributed by atoms with Crippen LogP contribution < -0.4 is 14.4 Å². The molecule has 3 aliphatic rings. The first kappa shape index (κ1) is 22.3. The third-order valence-electron chi connectivity index (χ3n) is 8.18. The van der Waals surface area contributed by atoms with Crippen molar-refractivity contribution in [3.05, 3.63) is 91.0 Å². The fraction of sp³-hybridized carbons (Fsp3) is 0.290. The zero-order chi connectivity index (χ0) is 24.8. The van der Waals surface area contributed by atoms with E-state index in [2.05, 4.69) is 62.2 Å². The van der Waals surface area contributed by atoms with Crippen LogP contribution in [0.5, 0.6) is 17.2 Å². The van der Waals surface area contributed by atoms with Gasteiger partial charge in [0.1, 0.15) is 0 Å². The molecule has 2 saturated heterocycles. The highest BCUT2D eigenvalue weighted by molar-refractivity contribution is 5.83. The zero-order valence-electron chi connectivity index (χ0n) is 21.0. The first-order valence-electron chi connectivity index (χ1n) is 13.1. The van der Waals surface area contributed by atoms with Gasteiger partial charge in [-0.15, -0.1) is 0 Å². The molecule has 2 aromatic carbocycles. The summed E-state index contributed by atoms with van der Waals surface area (Å²) in [6, 6.07) is 24.6. The van der Waals surface area contributed by atoms with Crippen molar-refractivity contribution in [2.24, 2.45) is 0 Å². The van der Waals surface area contributed by atoms with E-state index in [1.807, 2.05) is 42.9 Å². The SMILES string of the molecule is COc1cccc2c1Oc1cc(-c3ccncc3)ccc1N2[C@H]1C[C@H]2CC[C@@H](C1)N2Cc1ccccn1. The van der Waals surface area contributed by atoms with Gasteiger partial charge in [0.05, 0.1) is 24.2 Å². The van der Waals surface area contributed by atoms with E-state index in [0.717, 1.165) is 64.8 Å². The van der Waals surface area contributed by atoms with Crippen LogP contribution in [0.1, 0.15) is 31.4 Å². The number of methoxy groups -OCH3 is 1. The minimum atomic E-state index is 0.387. The quantitative estimate of drug-likeness (QED) is 0.315. The molecule has 186 valence electrons. The molecule has 0 aliphatic carbocycles. The number of hydrogen-bond acceptors (Lipinski definition) is 6. The monoisotopic (exact) mass is 490 g/mol. The van der Waals surface area contributed by atoms with Crippen molar-refractivity contribution in [3.8, 4) is 28.4 Å². The van der Waals surface area contributed by atoms with Gasteiger partial charge >= 0.3 is 0 Å². The van der Waals surface area contributed by atoms with Crippen LogP contribution in [-0.2, 0) is 6.54 Å². The molecule has 37 heavy (non-hydrogen) atoms. The molecule has 0 amide bonds. The maximum absolute atomic E-state index is 6.55. The summed E-state index contributed by atoms with van der Waals surface area (Å²) in [5.41, 5.74) is 5.62. The van der Waals surface area contributed by atoms with Crippen molar-refractivity contribution in [3.63, 3.8) is 0 Å². The molecule has 6 nitrogen and oxygen atoms in total. The van der Waals surface area contributed by atoms with Gasteiger partial charge in [0, 0.05) is 43.3 Å². The molecule has 7 rings (SSSR count). The minimum absolute atomic E-state index is 0.387. The van der Waals surface area contributed by atoms with Gasteiger partial charge in [-0.05, 0) is 85.3 Å². The highest BCUT2D eigenvalue weighted by Gasteiger charge is 2.44. The summed E-state index contributed by atoms with van der Waals surface area (Å²) < 4.78 is 12.3. The third kappa shape index (κ3) is 3.92. The predicted octanol–water partition coefficient (Wildman–Crippen LogP) is 6.59. The molecule has 6 heteroatoms. The van der Waals surface area contributed by atoms with E-state index in [4.69, 9.17) is 9.47 Å². The Morgan fingerprint density at radius 3 is 2.43 bits per heavy atom. The Kier molecular flexibility index (Phi) is 5.55. The molecule has 0 spiro atoms. The number of ether oxygens (including phenoxy) is 2. The summed E-state index contributed by atoms with van der Waals surface area (Å²) in [5.74, 6) is 2.43. The van der Waals surface area contributed by atoms with Crippen LogP contribution in [0.2, 0.25) is 0 Å². The van der Waals surface area contributed by atoms with Crippen LogP contribution in [0, 0.1) is 0 Å². The smallest absolute Gasteiger partial charge is 0.192 e. The van der Waals surface area contributed by atoms with Gasteiger partial charge in [0.25, 0.3) is 0 Å². The van der Waals surface area contributed by atoms with Gasteiger partial charge in [0.2, 0.25) is 0 Å². The Balaban J connectivity index is 1.25. The van der Waals surface area contributed by atoms with E-state index in [1.54, 1.807) is 7.11 Å². The zero-order valence-corrected chi connectivity index (χ0v) is 21.0. The summed E-state index contributed by atoms with van der Waals surface area (Å²) in [6.07, 6.45) is 10.3. The van der Waals surface area contributed by atoms with E-state index >= 15 is 0 Å². The van der Waals surface area contributed by atoms with Crippen molar-refractivity contribution >= 4 is 11.4 Å². The number of fused-ring (bicyclic) bond motifs is 4. The van der Waals surface area contributed by atoms with E-state index in [9.17, 15) is 0 Å². The fourth-order valence-electron chi connectivity index (χ4n) is 6.50. The van der Waals surface area contributed by atoms with Crippen LogP contribution in [0.15, 0.2) is 85.3 Å². The second kappa shape index (κ2) is 9.20. The normalized spacial score (nSPS) is 22.2. The molecule has 0 saturated carbocycles. The number of nitrogens with zero attached hydrogens (tertiary/aromatic N) is 4. The van der Waals surface area contributed by atoms with Gasteiger partial charge in [0.15, 0.2) is 17.2 Å². The lowest BCUT2D eigenvalue weighted by Crippen LogP contribution is -2.49. The van der Waals surface area contributed by atoms with Crippen LogP contribution in [0.25, 0.3) is 11.1 Å². The van der Waals surface area contributed by atoms with Crippen LogP contribution >= 0.6 is 0 Å². The Labute approximate surface area is 217 Å². The molecule has 0 unspecified atom stereocenters. The van der Waals surface area contributed by atoms with Crippen molar-refractivity contribution in [2.45, 2.75) is 50.4 Å². The van der Waals surface area contributed by atoms with Crippen molar-refractivity contribution in [2.75, 3.05) is 12.0 Å². The lowest BCUT2D eigenvalue weighted by molar-refractivity contribution is 0.118. The topological polar surface area (TPSA) is 50.7 Å². The summed E-state index contributed by atoms with van der Waals surface area (Å²) >= 11 is 0. The van der Waals surface area contributed by atoms with Crippen LogP contribution in [0.4, 0.5) is 11.4 Å². The van der Waals surface area contributed by atoms with E-state index in [-0.39, 0.29) is 0 Å². The molecule has 3 aliphatic heterocycles. The molecule has 5 heterocycles. The van der Waals surface area contributed by atoms with Gasteiger partial charge in [-0.25, -0.2) is 0 Å². The summed E-state index contributed by atoms with van der Waals surface area (Å²) in [6.45, 7) is 0.933. The van der Waals surface area contributed by atoms with Crippen molar-refractivity contribution < 1.29 is 9.47 Å². The first-order chi connectivity index (χ1) is 18.3. The average Bonchev–Trinajstić information content (AvgIpc) is 3.17. The number of anilines is 2. The van der Waals surface area contributed by atoms with Gasteiger partial charge in [-0.3, -0.25) is 14.9 Å². The Bertz CT molecular complexity index is 1400. The van der Waals surface area contributed by atoms with E-state index in [0.29, 0.717) is 18.1 Å². The van der Waals surface area contributed by atoms with Crippen molar-refractivity contribution in [1.82, 2.24) is 14.9 Å². The number of aromatic nitrogens is 2. The van der Waals surface area contributed by atoms with Gasteiger partial charge in [-0.2, -0.15) is 0 Å². The Morgan fingerprint density at radius 1 is 0.838 bits per heavy atom. The largest absolute Gasteiger partial charge is 0.493 e. The minimum Gasteiger partial charge on any atom is -0.493 e. The van der Waals surface area contributed by atoms with Gasteiger partial charge in [-0.1, -0.05) is 18.2 Å². The maximum Gasteiger partial charge on any atom is 0.192 e. The summed E-state index contributed by atoms with van der Waals surface area (Å²) in [5, 5.41) is 0. The molecule has 2 fully saturated rings. The third-order valence-corrected chi connectivity index (χ3v) is 8.18. The predicted molar refractivity (Wildman–Crippen MR) is 144 cm³/mol. The molecule has 0 radical (unpaired) electrons. The maximum atomic E-state index is 6.55. The highest BCUT2D eigenvalue weighted by atomic mass is 16.5. The van der Waals surface area contributed by atoms with E-state index < -0.39 is 0 Å². The molecule has 3 atom stereocenters. The number of piperidine rings is 1. The second-order valence-electron chi connectivity index (χ2n) is 10.2. The molecule has 2 bridgehead atoms. The van der Waals surface area contributed by atoms with E-state index in [1.165, 1.54) is 12.8 Å². The second-order valence-corrected chi connectivity index (χ2v) is 10.2. The van der Waals surface area contributed by atoms with Crippen LogP contribution in [-0.4, -0.2) is 40.1 Å².